The normalized spacial score (nSPS) is 22.0. The highest BCUT2D eigenvalue weighted by Gasteiger charge is 2.27. The molecule has 3 rings (SSSR count). The van der Waals surface area contributed by atoms with Gasteiger partial charge in [0.1, 0.15) is 0 Å². The van der Waals surface area contributed by atoms with E-state index in [9.17, 15) is 4.79 Å². The van der Waals surface area contributed by atoms with Crippen molar-refractivity contribution < 1.29 is 4.79 Å². The second-order valence-corrected chi connectivity index (χ2v) is 5.48. The average molecular weight is 264 g/mol. The number of nitrogens with one attached hydrogen (secondary N) is 1. The van der Waals surface area contributed by atoms with Crippen LogP contribution in [0.4, 0.5) is 0 Å². The quantitative estimate of drug-likeness (QED) is 0.840. The van der Waals surface area contributed by atoms with E-state index in [1.165, 1.54) is 32.5 Å². The predicted molar refractivity (Wildman–Crippen MR) is 68.5 cm³/mol. The van der Waals surface area contributed by atoms with E-state index in [1.54, 1.807) is 0 Å². The SMILES string of the molecule is O=C(c1nn[nH]n1)N1CCC(CN2CCCC2)CC1. The molecule has 0 saturated carbocycles. The maximum atomic E-state index is 12.0. The van der Waals surface area contributed by atoms with E-state index in [2.05, 4.69) is 25.5 Å². The summed E-state index contributed by atoms with van der Waals surface area (Å²) < 4.78 is 0. The molecular formula is C12H20N6O. The molecule has 0 unspecified atom stereocenters. The molecule has 0 spiro atoms. The number of piperidine rings is 1. The van der Waals surface area contributed by atoms with Crippen LogP contribution in [0.1, 0.15) is 36.3 Å². The van der Waals surface area contributed by atoms with Crippen LogP contribution in [0.15, 0.2) is 0 Å². The van der Waals surface area contributed by atoms with Crippen LogP contribution in [0, 0.1) is 5.92 Å². The number of aromatic amines is 1. The van der Waals surface area contributed by atoms with Crippen molar-refractivity contribution in [2.24, 2.45) is 5.92 Å². The minimum atomic E-state index is -0.103. The van der Waals surface area contributed by atoms with Gasteiger partial charge < -0.3 is 9.80 Å². The summed E-state index contributed by atoms with van der Waals surface area (Å²) in [7, 11) is 0. The van der Waals surface area contributed by atoms with Crippen LogP contribution in [0.3, 0.4) is 0 Å². The van der Waals surface area contributed by atoms with Crippen LogP contribution >= 0.6 is 0 Å². The first kappa shape index (κ1) is 12.5. The molecule has 19 heavy (non-hydrogen) atoms. The summed E-state index contributed by atoms with van der Waals surface area (Å²) in [6.45, 7) is 5.33. The Morgan fingerprint density at radius 2 is 1.95 bits per heavy atom. The Morgan fingerprint density at radius 3 is 2.58 bits per heavy atom. The van der Waals surface area contributed by atoms with Gasteiger partial charge in [0.05, 0.1) is 0 Å². The summed E-state index contributed by atoms with van der Waals surface area (Å²) in [6.07, 6.45) is 4.85. The highest BCUT2D eigenvalue weighted by atomic mass is 16.2. The van der Waals surface area contributed by atoms with Gasteiger partial charge in [-0.25, -0.2) is 0 Å². The van der Waals surface area contributed by atoms with Crippen molar-refractivity contribution in [3.63, 3.8) is 0 Å². The van der Waals surface area contributed by atoms with E-state index >= 15 is 0 Å². The number of nitrogens with zero attached hydrogens (tertiary/aromatic N) is 5. The molecule has 0 atom stereocenters. The summed E-state index contributed by atoms with van der Waals surface area (Å²) in [6, 6.07) is 0. The first-order valence-electron chi connectivity index (χ1n) is 7.08. The van der Waals surface area contributed by atoms with Gasteiger partial charge in [-0.15, -0.1) is 10.2 Å². The summed E-state index contributed by atoms with van der Waals surface area (Å²) in [4.78, 5) is 16.4. The maximum Gasteiger partial charge on any atom is 0.295 e. The van der Waals surface area contributed by atoms with Gasteiger partial charge in [0, 0.05) is 19.6 Å². The smallest absolute Gasteiger partial charge is 0.295 e. The molecule has 2 aliphatic heterocycles. The fourth-order valence-electron chi connectivity index (χ4n) is 3.04. The number of aromatic nitrogens is 4. The van der Waals surface area contributed by atoms with E-state index in [-0.39, 0.29) is 11.7 Å². The number of carbonyl (C=O) groups excluding carboxylic acids is 1. The van der Waals surface area contributed by atoms with E-state index in [0.29, 0.717) is 0 Å². The van der Waals surface area contributed by atoms with Crippen LogP contribution in [0.5, 0.6) is 0 Å². The van der Waals surface area contributed by atoms with Crippen LogP contribution in [-0.4, -0.2) is 69.1 Å². The zero-order chi connectivity index (χ0) is 13.1. The zero-order valence-electron chi connectivity index (χ0n) is 11.1. The van der Waals surface area contributed by atoms with Gasteiger partial charge in [-0.3, -0.25) is 4.79 Å². The number of hydrogen-bond donors (Lipinski definition) is 1. The third kappa shape index (κ3) is 2.91. The van der Waals surface area contributed by atoms with Crippen molar-refractivity contribution in [1.82, 2.24) is 30.4 Å². The highest BCUT2D eigenvalue weighted by molar-refractivity contribution is 5.90. The summed E-state index contributed by atoms with van der Waals surface area (Å²) in [5.41, 5.74) is 0. The van der Waals surface area contributed by atoms with E-state index in [4.69, 9.17) is 0 Å². The average Bonchev–Trinajstić information content (AvgIpc) is 3.12. The van der Waals surface area contributed by atoms with Crippen molar-refractivity contribution in [2.75, 3.05) is 32.7 Å². The summed E-state index contributed by atoms with van der Waals surface area (Å²) >= 11 is 0. The molecule has 2 aliphatic rings. The standard InChI is InChI=1S/C12H20N6O/c19-12(11-13-15-16-14-11)18-7-3-10(4-8-18)9-17-5-1-2-6-17/h10H,1-9H2,(H,13,14,15,16). The van der Waals surface area contributed by atoms with Gasteiger partial charge in [-0.2, -0.15) is 5.21 Å². The van der Waals surface area contributed by atoms with Crippen molar-refractivity contribution >= 4 is 5.91 Å². The van der Waals surface area contributed by atoms with Crippen LogP contribution in [0.2, 0.25) is 0 Å². The monoisotopic (exact) mass is 264 g/mol. The Morgan fingerprint density at radius 1 is 1.21 bits per heavy atom. The number of tetrazole rings is 1. The third-order valence-electron chi connectivity index (χ3n) is 4.15. The van der Waals surface area contributed by atoms with E-state index in [1.807, 2.05) is 4.90 Å². The molecule has 0 radical (unpaired) electrons. The number of rotatable bonds is 3. The van der Waals surface area contributed by atoms with E-state index in [0.717, 1.165) is 31.8 Å². The predicted octanol–water partition coefficient (Wildman–Crippen LogP) is 0.148. The number of likely N-dealkylation sites (tertiary alicyclic amines) is 2. The molecule has 1 aromatic rings. The minimum Gasteiger partial charge on any atom is -0.336 e. The first-order valence-corrected chi connectivity index (χ1v) is 7.08. The second-order valence-electron chi connectivity index (χ2n) is 5.48. The lowest BCUT2D eigenvalue weighted by Crippen LogP contribution is -2.41. The number of amides is 1. The number of hydrogen-bond acceptors (Lipinski definition) is 5. The van der Waals surface area contributed by atoms with Gasteiger partial charge in [0.15, 0.2) is 0 Å². The van der Waals surface area contributed by atoms with Gasteiger partial charge >= 0.3 is 0 Å². The Kier molecular flexibility index (Phi) is 3.72. The molecule has 0 bridgehead atoms. The topological polar surface area (TPSA) is 78.0 Å². The molecular weight excluding hydrogens is 244 g/mol. The Bertz CT molecular complexity index is 406. The van der Waals surface area contributed by atoms with Crippen molar-refractivity contribution in [3.05, 3.63) is 5.82 Å². The molecule has 1 amide bonds. The Labute approximate surface area is 112 Å². The molecule has 1 aromatic heterocycles. The fourth-order valence-corrected chi connectivity index (χ4v) is 3.04. The van der Waals surface area contributed by atoms with Gasteiger partial charge in [0.25, 0.3) is 11.7 Å². The van der Waals surface area contributed by atoms with Crippen molar-refractivity contribution in [3.8, 4) is 0 Å². The molecule has 2 fully saturated rings. The molecule has 104 valence electrons. The Hall–Kier alpha value is -1.50. The molecule has 0 aromatic carbocycles. The molecule has 2 saturated heterocycles. The molecule has 0 aliphatic carbocycles. The zero-order valence-corrected chi connectivity index (χ0v) is 11.1. The fraction of sp³-hybridized carbons (Fsp3) is 0.833. The van der Waals surface area contributed by atoms with E-state index < -0.39 is 0 Å². The molecule has 7 nitrogen and oxygen atoms in total. The molecule has 3 heterocycles. The third-order valence-corrected chi connectivity index (χ3v) is 4.15. The minimum absolute atomic E-state index is 0.103. The lowest BCUT2D eigenvalue weighted by atomic mass is 9.96. The Balaban J connectivity index is 1.47. The lowest BCUT2D eigenvalue weighted by Gasteiger charge is -2.33. The van der Waals surface area contributed by atoms with Crippen LogP contribution in [0.25, 0.3) is 0 Å². The van der Waals surface area contributed by atoms with Gasteiger partial charge in [-0.05, 0) is 49.9 Å². The molecule has 7 heteroatoms. The van der Waals surface area contributed by atoms with Crippen LogP contribution < -0.4 is 0 Å². The molecule has 1 N–H and O–H groups in total. The number of carbonyl (C=O) groups is 1. The summed E-state index contributed by atoms with van der Waals surface area (Å²) in [5.74, 6) is 0.804. The van der Waals surface area contributed by atoms with Crippen LogP contribution in [-0.2, 0) is 0 Å². The van der Waals surface area contributed by atoms with Gasteiger partial charge in [0.2, 0.25) is 0 Å². The van der Waals surface area contributed by atoms with Crippen molar-refractivity contribution in [2.45, 2.75) is 25.7 Å². The summed E-state index contributed by atoms with van der Waals surface area (Å²) in [5, 5.41) is 13.2. The van der Waals surface area contributed by atoms with Gasteiger partial charge in [-0.1, -0.05) is 0 Å². The first-order chi connectivity index (χ1) is 9.33. The van der Waals surface area contributed by atoms with Crippen molar-refractivity contribution in [1.29, 1.82) is 0 Å². The number of H-pyrrole nitrogens is 1. The highest BCUT2D eigenvalue weighted by Crippen LogP contribution is 2.21. The second kappa shape index (κ2) is 5.64. The lowest BCUT2D eigenvalue weighted by molar-refractivity contribution is 0.0661. The maximum absolute atomic E-state index is 12.0. The largest absolute Gasteiger partial charge is 0.336 e.